The third-order valence-electron chi connectivity index (χ3n) is 5.18. The number of nitrogens with one attached hydrogen (secondary N) is 1. The van der Waals surface area contributed by atoms with Gasteiger partial charge in [-0.05, 0) is 60.4 Å². The maximum absolute atomic E-state index is 12.7. The lowest BCUT2D eigenvalue weighted by Crippen LogP contribution is -2.24. The quantitative estimate of drug-likeness (QED) is 0.452. The number of hydrogen-bond donors (Lipinski definition) is 2. The number of rotatable bonds is 7. The fraction of sp³-hybridized carbons (Fsp3) is 0.192. The van der Waals surface area contributed by atoms with Crippen molar-refractivity contribution >= 4 is 12.1 Å². The molecule has 1 aliphatic heterocycles. The van der Waals surface area contributed by atoms with Crippen LogP contribution >= 0.6 is 0 Å². The molecule has 2 heterocycles. The number of carbonyl (C=O) groups excluding carboxylic acids is 1. The van der Waals surface area contributed by atoms with Crippen LogP contribution in [0.15, 0.2) is 77.6 Å². The van der Waals surface area contributed by atoms with E-state index in [1.807, 2.05) is 54.9 Å². The molecular formula is C26H25N5O. The van der Waals surface area contributed by atoms with E-state index in [-0.39, 0.29) is 5.91 Å². The number of hydrogen-bond acceptors (Lipinski definition) is 4. The minimum atomic E-state index is -0.110. The molecule has 2 aromatic carbocycles. The average molecular weight is 424 g/mol. The van der Waals surface area contributed by atoms with Crippen molar-refractivity contribution in [2.75, 3.05) is 13.1 Å². The molecule has 0 bridgehead atoms. The van der Waals surface area contributed by atoms with Gasteiger partial charge in [0.25, 0.3) is 5.91 Å². The van der Waals surface area contributed by atoms with E-state index in [1.54, 1.807) is 16.9 Å². The molecule has 0 saturated heterocycles. The zero-order chi connectivity index (χ0) is 22.2. The highest BCUT2D eigenvalue weighted by Gasteiger charge is 2.10. The Balaban J connectivity index is 1.51. The molecule has 0 saturated carbocycles. The summed E-state index contributed by atoms with van der Waals surface area (Å²) in [7, 11) is 0. The van der Waals surface area contributed by atoms with Gasteiger partial charge in [-0.25, -0.2) is 4.68 Å². The molecule has 1 aliphatic rings. The van der Waals surface area contributed by atoms with Crippen molar-refractivity contribution in [3.63, 3.8) is 0 Å². The van der Waals surface area contributed by atoms with E-state index in [0.717, 1.165) is 41.8 Å². The van der Waals surface area contributed by atoms with Crippen LogP contribution in [-0.4, -0.2) is 35.0 Å². The van der Waals surface area contributed by atoms with Crippen molar-refractivity contribution in [1.29, 1.82) is 0 Å². The van der Waals surface area contributed by atoms with Crippen molar-refractivity contribution in [3.05, 3.63) is 94.8 Å². The number of allylic oxidation sites excluding steroid dienone is 1. The van der Waals surface area contributed by atoms with Crippen LogP contribution in [0.25, 0.3) is 5.69 Å². The Morgan fingerprint density at radius 2 is 2.03 bits per heavy atom. The highest BCUT2D eigenvalue weighted by molar-refractivity contribution is 5.95. The number of nitrogens with two attached hydrogens (primary N) is 1. The smallest absolute Gasteiger partial charge is 0.251 e. The van der Waals surface area contributed by atoms with Crippen LogP contribution in [0.3, 0.4) is 0 Å². The predicted octanol–water partition coefficient (Wildman–Crippen LogP) is 3.25. The summed E-state index contributed by atoms with van der Waals surface area (Å²) >= 11 is 0. The van der Waals surface area contributed by atoms with E-state index in [4.69, 9.17) is 5.73 Å². The average Bonchev–Trinajstić information content (AvgIpc) is 3.55. The largest absolute Gasteiger partial charge is 0.352 e. The summed E-state index contributed by atoms with van der Waals surface area (Å²) in [5.41, 5.74) is 11.0. The number of carbonyl (C=O) groups is 1. The maximum Gasteiger partial charge on any atom is 0.251 e. The molecule has 3 aromatic rings. The van der Waals surface area contributed by atoms with Gasteiger partial charge in [0.2, 0.25) is 0 Å². The number of benzene rings is 2. The molecule has 3 N–H and O–H groups in total. The Morgan fingerprint density at radius 3 is 2.75 bits per heavy atom. The molecule has 1 amide bonds. The van der Waals surface area contributed by atoms with Gasteiger partial charge in [-0.3, -0.25) is 9.79 Å². The Morgan fingerprint density at radius 1 is 1.16 bits per heavy atom. The van der Waals surface area contributed by atoms with Crippen molar-refractivity contribution in [2.45, 2.75) is 19.4 Å². The fourth-order valence-corrected chi connectivity index (χ4v) is 3.41. The van der Waals surface area contributed by atoms with Crippen LogP contribution in [0, 0.1) is 11.8 Å². The van der Waals surface area contributed by atoms with E-state index in [0.29, 0.717) is 18.7 Å². The van der Waals surface area contributed by atoms with Crippen LogP contribution in [0.2, 0.25) is 0 Å². The second kappa shape index (κ2) is 10.4. The molecule has 0 unspecified atom stereocenters. The van der Waals surface area contributed by atoms with E-state index in [1.165, 1.54) is 5.57 Å². The van der Waals surface area contributed by atoms with E-state index >= 15 is 0 Å². The highest BCUT2D eigenvalue weighted by Crippen LogP contribution is 2.16. The molecule has 6 nitrogen and oxygen atoms in total. The monoisotopic (exact) mass is 423 g/mol. The number of amides is 1. The maximum atomic E-state index is 12.7. The second-order valence-electron chi connectivity index (χ2n) is 7.47. The number of nitrogens with zero attached hydrogens (tertiary/aromatic N) is 3. The Bertz CT molecular complexity index is 1200. The molecule has 0 spiro atoms. The molecule has 4 rings (SSSR count). The Kier molecular flexibility index (Phi) is 6.91. The minimum Gasteiger partial charge on any atom is -0.352 e. The third kappa shape index (κ3) is 5.39. The first kappa shape index (κ1) is 21.3. The van der Waals surface area contributed by atoms with Gasteiger partial charge in [0, 0.05) is 42.8 Å². The summed E-state index contributed by atoms with van der Waals surface area (Å²) in [6, 6.07) is 15.2. The summed E-state index contributed by atoms with van der Waals surface area (Å²) in [5, 5.41) is 7.31. The first-order valence-electron chi connectivity index (χ1n) is 10.6. The summed E-state index contributed by atoms with van der Waals surface area (Å²) < 4.78 is 1.75. The van der Waals surface area contributed by atoms with Crippen molar-refractivity contribution in [2.24, 2.45) is 10.7 Å². The molecule has 0 radical (unpaired) electrons. The topological polar surface area (TPSA) is 85.3 Å². The summed E-state index contributed by atoms with van der Waals surface area (Å²) in [6.07, 6.45) is 9.39. The highest BCUT2D eigenvalue weighted by atomic mass is 16.1. The van der Waals surface area contributed by atoms with Crippen molar-refractivity contribution in [1.82, 2.24) is 15.1 Å². The standard InChI is InChI=1S/C26H25N5O/c27-18-21-6-4-20(5-7-21)8-9-23-17-24(10-11-25(23)31-16-2-14-30-31)26(32)29-13-1-3-22-12-15-28-19-22/h2,4-7,10-12,14,16-17,19H,1,3,13,15,18,27H2,(H,29,32). The van der Waals surface area contributed by atoms with Gasteiger partial charge >= 0.3 is 0 Å². The molecule has 160 valence electrons. The van der Waals surface area contributed by atoms with Gasteiger partial charge in [-0.15, -0.1) is 0 Å². The Hall–Kier alpha value is -3.95. The van der Waals surface area contributed by atoms with Crippen LogP contribution in [-0.2, 0) is 6.54 Å². The number of aliphatic imine (C=N–C) groups is 1. The molecule has 32 heavy (non-hydrogen) atoms. The van der Waals surface area contributed by atoms with E-state index < -0.39 is 0 Å². The zero-order valence-electron chi connectivity index (χ0n) is 17.8. The SMILES string of the molecule is NCc1ccc(C#Cc2cc(C(=O)NCCCC3=CCN=C3)ccc2-n2cccn2)cc1. The van der Waals surface area contributed by atoms with Crippen LogP contribution in [0.1, 0.15) is 39.9 Å². The first-order chi connectivity index (χ1) is 15.7. The van der Waals surface area contributed by atoms with Gasteiger partial charge in [0.15, 0.2) is 0 Å². The summed E-state index contributed by atoms with van der Waals surface area (Å²) in [4.78, 5) is 16.9. The third-order valence-corrected chi connectivity index (χ3v) is 5.18. The van der Waals surface area contributed by atoms with Gasteiger partial charge in [-0.2, -0.15) is 5.10 Å². The Labute approximate surface area is 187 Å². The lowest BCUT2D eigenvalue weighted by atomic mass is 10.1. The van der Waals surface area contributed by atoms with E-state index in [9.17, 15) is 4.79 Å². The fourth-order valence-electron chi connectivity index (χ4n) is 3.41. The second-order valence-corrected chi connectivity index (χ2v) is 7.47. The molecule has 0 fully saturated rings. The molecule has 6 heteroatoms. The van der Waals surface area contributed by atoms with Crippen LogP contribution < -0.4 is 11.1 Å². The molecule has 1 aromatic heterocycles. The zero-order valence-corrected chi connectivity index (χ0v) is 17.8. The minimum absolute atomic E-state index is 0.110. The van der Waals surface area contributed by atoms with Crippen LogP contribution in [0.5, 0.6) is 0 Å². The van der Waals surface area contributed by atoms with Gasteiger partial charge in [-0.1, -0.05) is 30.0 Å². The van der Waals surface area contributed by atoms with Crippen LogP contribution in [0.4, 0.5) is 0 Å². The van der Waals surface area contributed by atoms with Gasteiger partial charge in [0.1, 0.15) is 0 Å². The molecule has 0 aliphatic carbocycles. The normalized spacial score (nSPS) is 12.2. The lowest BCUT2D eigenvalue weighted by molar-refractivity contribution is 0.0953. The molecular weight excluding hydrogens is 398 g/mol. The summed E-state index contributed by atoms with van der Waals surface area (Å²) in [5.74, 6) is 6.28. The predicted molar refractivity (Wildman–Crippen MR) is 127 cm³/mol. The first-order valence-corrected chi connectivity index (χ1v) is 10.6. The lowest BCUT2D eigenvalue weighted by Gasteiger charge is -2.09. The van der Waals surface area contributed by atoms with Gasteiger partial charge < -0.3 is 11.1 Å². The van der Waals surface area contributed by atoms with Crippen molar-refractivity contribution < 1.29 is 4.79 Å². The van der Waals surface area contributed by atoms with E-state index in [2.05, 4.69) is 33.3 Å². The van der Waals surface area contributed by atoms with Crippen molar-refractivity contribution in [3.8, 4) is 17.5 Å². The number of aromatic nitrogens is 2. The molecule has 0 atom stereocenters. The van der Waals surface area contributed by atoms with Gasteiger partial charge in [0.05, 0.1) is 17.8 Å². The summed E-state index contributed by atoms with van der Waals surface area (Å²) in [6.45, 7) is 1.88.